The fourth-order valence-corrected chi connectivity index (χ4v) is 6.32. The molecule has 2 amide bonds. The summed E-state index contributed by atoms with van der Waals surface area (Å²) in [6.45, 7) is 9.52. The van der Waals surface area contributed by atoms with Crippen molar-refractivity contribution in [3.8, 4) is 0 Å². The molecular weight excluding hydrogens is 382 g/mol. The monoisotopic (exact) mass is 413 g/mol. The van der Waals surface area contributed by atoms with E-state index in [4.69, 9.17) is 9.15 Å². The molecule has 30 heavy (non-hydrogen) atoms. The van der Waals surface area contributed by atoms with Crippen molar-refractivity contribution in [3.05, 3.63) is 36.3 Å². The molecule has 0 unspecified atom stereocenters. The molecule has 4 aliphatic heterocycles. The van der Waals surface area contributed by atoms with Crippen LogP contribution < -0.4 is 10.6 Å². The first-order chi connectivity index (χ1) is 14.1. The molecule has 5 heterocycles. The number of carbonyl (C=O) groups is 2. The zero-order valence-electron chi connectivity index (χ0n) is 18.1. The molecule has 3 saturated heterocycles. The Labute approximate surface area is 177 Å². The lowest BCUT2D eigenvalue weighted by Crippen LogP contribution is -2.62. The zero-order chi connectivity index (χ0) is 21.3. The lowest BCUT2D eigenvalue weighted by molar-refractivity contribution is -0.138. The summed E-state index contributed by atoms with van der Waals surface area (Å²) in [4.78, 5) is 28.4. The molecular formula is C23H31N3O4. The molecule has 0 aromatic carbocycles. The van der Waals surface area contributed by atoms with Crippen LogP contribution in [0, 0.1) is 11.8 Å². The largest absolute Gasteiger partial charge is 0.467 e. The summed E-state index contributed by atoms with van der Waals surface area (Å²) in [7, 11) is 0. The van der Waals surface area contributed by atoms with Gasteiger partial charge in [-0.25, -0.2) is 0 Å². The van der Waals surface area contributed by atoms with Gasteiger partial charge in [0.2, 0.25) is 11.8 Å². The Kier molecular flexibility index (Phi) is 4.25. The maximum atomic E-state index is 13.4. The van der Waals surface area contributed by atoms with E-state index in [1.807, 2.05) is 24.3 Å². The van der Waals surface area contributed by atoms with Crippen molar-refractivity contribution in [1.82, 2.24) is 15.5 Å². The Bertz CT molecular complexity index is 874. The first-order valence-corrected chi connectivity index (χ1v) is 10.9. The van der Waals surface area contributed by atoms with Crippen LogP contribution in [-0.4, -0.2) is 52.1 Å². The molecule has 162 valence electrons. The second-order valence-electron chi connectivity index (χ2n) is 10.7. The van der Waals surface area contributed by atoms with E-state index in [1.165, 1.54) is 0 Å². The number of fused-ring (bicyclic) bond motifs is 1. The Morgan fingerprint density at radius 2 is 2.00 bits per heavy atom. The van der Waals surface area contributed by atoms with Crippen LogP contribution in [0.3, 0.4) is 0 Å². The summed E-state index contributed by atoms with van der Waals surface area (Å²) < 4.78 is 11.6. The van der Waals surface area contributed by atoms with Gasteiger partial charge in [-0.2, -0.15) is 0 Å². The van der Waals surface area contributed by atoms with Gasteiger partial charge in [0.05, 0.1) is 37.3 Å². The molecule has 1 aromatic rings. The minimum atomic E-state index is -0.691. The third kappa shape index (κ3) is 3.19. The number of hydrogen-bond donors (Lipinski definition) is 2. The first kappa shape index (κ1) is 19.8. The van der Waals surface area contributed by atoms with Crippen LogP contribution in [0.1, 0.15) is 46.3 Å². The molecule has 1 spiro atoms. The van der Waals surface area contributed by atoms with Gasteiger partial charge in [-0.1, -0.05) is 12.2 Å². The molecule has 7 heteroatoms. The van der Waals surface area contributed by atoms with Gasteiger partial charge in [0.1, 0.15) is 11.4 Å². The zero-order valence-corrected chi connectivity index (χ0v) is 18.1. The van der Waals surface area contributed by atoms with Crippen LogP contribution in [0.5, 0.6) is 0 Å². The van der Waals surface area contributed by atoms with Crippen molar-refractivity contribution in [2.24, 2.45) is 11.8 Å². The number of likely N-dealkylation sites (tertiary alicyclic amines) is 1. The van der Waals surface area contributed by atoms with E-state index in [9.17, 15) is 9.59 Å². The predicted molar refractivity (Wildman–Crippen MR) is 110 cm³/mol. The number of furan rings is 1. The summed E-state index contributed by atoms with van der Waals surface area (Å²) in [6.07, 6.45) is 6.93. The molecule has 4 atom stereocenters. The quantitative estimate of drug-likeness (QED) is 0.738. The Balaban J connectivity index is 1.33. The van der Waals surface area contributed by atoms with E-state index >= 15 is 0 Å². The van der Waals surface area contributed by atoms with Gasteiger partial charge in [0.15, 0.2) is 0 Å². The lowest BCUT2D eigenvalue weighted by atomic mass is 9.75. The van der Waals surface area contributed by atoms with Gasteiger partial charge < -0.3 is 24.7 Å². The normalized spacial score (nSPS) is 36.3. The number of ether oxygens (including phenoxy) is 1. The van der Waals surface area contributed by atoms with Gasteiger partial charge in [0.25, 0.3) is 0 Å². The van der Waals surface area contributed by atoms with Gasteiger partial charge in [-0.15, -0.1) is 0 Å². The molecule has 5 rings (SSSR count). The highest BCUT2D eigenvalue weighted by molar-refractivity contribution is 5.93. The Hall–Kier alpha value is -2.12. The number of nitrogens with zero attached hydrogens (tertiary/aromatic N) is 1. The molecule has 1 aromatic heterocycles. The van der Waals surface area contributed by atoms with Gasteiger partial charge in [0, 0.05) is 17.1 Å². The predicted octanol–water partition coefficient (Wildman–Crippen LogP) is 1.99. The van der Waals surface area contributed by atoms with Gasteiger partial charge >= 0.3 is 0 Å². The van der Waals surface area contributed by atoms with Crippen LogP contribution in [0.4, 0.5) is 0 Å². The smallest absolute Gasteiger partial charge is 0.230 e. The second kappa shape index (κ2) is 6.44. The Morgan fingerprint density at radius 3 is 2.67 bits per heavy atom. The van der Waals surface area contributed by atoms with Crippen LogP contribution in [0.25, 0.3) is 0 Å². The molecule has 3 fully saturated rings. The fraction of sp³-hybridized carbons (Fsp3) is 0.652. The molecule has 7 nitrogen and oxygen atoms in total. The standard InChI is InChI=1S/C23H31N3O4/c1-21(2)10-14(11-22(3,4)25-21)24-19(27)17-16-7-8-23(30-16)13-26(20(28)18(17)23)12-15-6-5-9-29-15/h5-9,14,16-18,25H,10-13H2,1-4H3,(H,24,27)/t16-,17-,18-,23-/m1/s1. The molecule has 0 radical (unpaired) electrons. The van der Waals surface area contributed by atoms with E-state index in [2.05, 4.69) is 38.3 Å². The number of rotatable bonds is 4. The molecule has 2 bridgehead atoms. The topological polar surface area (TPSA) is 83.8 Å². The summed E-state index contributed by atoms with van der Waals surface area (Å²) in [5, 5.41) is 6.91. The van der Waals surface area contributed by atoms with Crippen molar-refractivity contribution >= 4 is 11.8 Å². The van der Waals surface area contributed by atoms with Crippen LogP contribution >= 0.6 is 0 Å². The third-order valence-corrected chi connectivity index (χ3v) is 6.94. The maximum absolute atomic E-state index is 13.4. The second-order valence-corrected chi connectivity index (χ2v) is 10.7. The maximum Gasteiger partial charge on any atom is 0.230 e. The van der Waals surface area contributed by atoms with Gasteiger partial charge in [-0.05, 0) is 52.7 Å². The average molecular weight is 414 g/mol. The first-order valence-electron chi connectivity index (χ1n) is 10.9. The van der Waals surface area contributed by atoms with Crippen molar-refractivity contribution < 1.29 is 18.7 Å². The molecule has 0 saturated carbocycles. The van der Waals surface area contributed by atoms with Crippen molar-refractivity contribution in [2.45, 2.75) is 75.9 Å². The number of carbonyl (C=O) groups excluding carboxylic acids is 2. The van der Waals surface area contributed by atoms with E-state index < -0.39 is 17.4 Å². The molecule has 2 N–H and O–H groups in total. The van der Waals surface area contributed by atoms with Crippen molar-refractivity contribution in [1.29, 1.82) is 0 Å². The highest BCUT2D eigenvalue weighted by atomic mass is 16.5. The number of piperidine rings is 1. The number of amides is 2. The van der Waals surface area contributed by atoms with Crippen molar-refractivity contribution in [2.75, 3.05) is 6.54 Å². The number of nitrogens with one attached hydrogen (secondary N) is 2. The van der Waals surface area contributed by atoms with Crippen LogP contribution in [-0.2, 0) is 20.9 Å². The van der Waals surface area contributed by atoms with E-state index in [1.54, 1.807) is 11.2 Å². The van der Waals surface area contributed by atoms with Crippen LogP contribution in [0.15, 0.2) is 35.0 Å². The van der Waals surface area contributed by atoms with E-state index in [0.29, 0.717) is 13.1 Å². The molecule has 0 aliphatic carbocycles. The summed E-state index contributed by atoms with van der Waals surface area (Å²) in [5.74, 6) is -0.305. The average Bonchev–Trinajstić information content (AvgIpc) is 3.35. The van der Waals surface area contributed by atoms with Gasteiger partial charge in [-0.3, -0.25) is 9.59 Å². The highest BCUT2D eigenvalue weighted by Crippen LogP contribution is 2.52. The lowest BCUT2D eigenvalue weighted by Gasteiger charge is -2.47. The Morgan fingerprint density at radius 1 is 1.27 bits per heavy atom. The summed E-state index contributed by atoms with van der Waals surface area (Å²) in [5.41, 5.74) is -0.812. The van der Waals surface area contributed by atoms with E-state index in [0.717, 1.165) is 18.6 Å². The number of hydrogen-bond acceptors (Lipinski definition) is 5. The summed E-state index contributed by atoms with van der Waals surface area (Å²) in [6, 6.07) is 3.74. The minimum Gasteiger partial charge on any atom is -0.467 e. The van der Waals surface area contributed by atoms with E-state index in [-0.39, 0.29) is 35.0 Å². The summed E-state index contributed by atoms with van der Waals surface area (Å²) >= 11 is 0. The highest BCUT2D eigenvalue weighted by Gasteiger charge is 2.67. The third-order valence-electron chi connectivity index (χ3n) is 6.94. The fourth-order valence-electron chi connectivity index (χ4n) is 6.32. The van der Waals surface area contributed by atoms with Crippen LogP contribution in [0.2, 0.25) is 0 Å². The van der Waals surface area contributed by atoms with Crippen molar-refractivity contribution in [3.63, 3.8) is 0 Å². The minimum absolute atomic E-state index is 0.0237. The molecule has 4 aliphatic rings. The SMILES string of the molecule is CC1(C)CC(NC(=O)[C@@H]2[C@H]3C=C[C@]4(CN(Cc5ccco5)C(=O)[C@@H]24)O3)CC(C)(C)N1.